The average Bonchev–Trinajstić information content (AvgIpc) is 2.93. The number of amides is 2. The molecule has 0 unspecified atom stereocenters. The molecule has 37 heavy (non-hydrogen) atoms. The van der Waals surface area contributed by atoms with Crippen LogP contribution in [0.2, 0.25) is 0 Å². The van der Waals surface area contributed by atoms with Crippen LogP contribution in [0.25, 0.3) is 0 Å². The number of nitrogens with zero attached hydrogens (tertiary/aromatic N) is 1. The fourth-order valence-electron chi connectivity index (χ4n) is 4.36. The average molecular weight is 538 g/mol. The molecule has 0 aromatic heterocycles. The molecule has 4 rings (SSSR count). The summed E-state index contributed by atoms with van der Waals surface area (Å²) in [6.07, 6.45) is 4.85. The zero-order valence-electron chi connectivity index (χ0n) is 20.9. The maximum atomic E-state index is 13.4. The van der Waals surface area contributed by atoms with Gasteiger partial charge in [-0.2, -0.15) is 0 Å². The number of hydrogen-bond acceptors (Lipinski definition) is 5. The lowest BCUT2D eigenvalue weighted by Crippen LogP contribution is -2.36. The van der Waals surface area contributed by atoms with E-state index in [1.54, 1.807) is 35.2 Å². The van der Waals surface area contributed by atoms with Crippen molar-refractivity contribution in [1.29, 1.82) is 0 Å². The maximum Gasteiger partial charge on any atom is 0.261 e. The van der Waals surface area contributed by atoms with Crippen LogP contribution in [0.15, 0.2) is 82.6 Å². The Hall–Kier alpha value is -3.30. The molecule has 3 aromatic rings. The smallest absolute Gasteiger partial charge is 0.261 e. The van der Waals surface area contributed by atoms with Gasteiger partial charge < -0.3 is 10.2 Å². The van der Waals surface area contributed by atoms with Crippen LogP contribution in [0, 0.1) is 0 Å². The summed E-state index contributed by atoms with van der Waals surface area (Å²) in [5.74, 6) is -0.552. The number of nitrogens with one attached hydrogen (secondary N) is 2. The van der Waals surface area contributed by atoms with E-state index in [1.165, 1.54) is 23.9 Å². The van der Waals surface area contributed by atoms with Crippen molar-refractivity contribution in [3.8, 4) is 0 Å². The Kier molecular flexibility index (Phi) is 8.56. The first-order chi connectivity index (χ1) is 17.8. The summed E-state index contributed by atoms with van der Waals surface area (Å²) in [5, 5.41) is 2.93. The molecule has 0 saturated carbocycles. The Morgan fingerprint density at radius 2 is 1.57 bits per heavy atom. The van der Waals surface area contributed by atoms with Gasteiger partial charge in [-0.1, -0.05) is 42.5 Å². The molecule has 0 bridgehead atoms. The second kappa shape index (κ2) is 11.8. The third-order valence-corrected chi connectivity index (χ3v) is 8.58. The Morgan fingerprint density at radius 1 is 0.892 bits per heavy atom. The van der Waals surface area contributed by atoms with Gasteiger partial charge in [0.15, 0.2) is 0 Å². The van der Waals surface area contributed by atoms with Crippen molar-refractivity contribution >= 4 is 39.3 Å². The van der Waals surface area contributed by atoms with Crippen molar-refractivity contribution in [1.82, 2.24) is 10.2 Å². The van der Waals surface area contributed by atoms with Crippen LogP contribution in [-0.2, 0) is 10.0 Å². The lowest BCUT2D eigenvalue weighted by molar-refractivity contribution is 0.0720. The van der Waals surface area contributed by atoms with Crippen LogP contribution in [0.1, 0.15) is 58.5 Å². The molecule has 1 heterocycles. The van der Waals surface area contributed by atoms with Crippen LogP contribution < -0.4 is 10.0 Å². The fraction of sp³-hybridized carbons (Fsp3) is 0.286. The number of carbonyl (C=O) groups is 2. The standard InChI is InChI=1S/C28H31N3O4S2/c1-20(21-11-5-3-6-12-21)29-27(32)23-13-7-8-14-25(23)30-37(34,35)22-15-16-26(36-2)24(19-22)28(33)31-17-9-4-10-18-31/h3,5-8,11-16,19-20,30H,4,9-10,17-18H2,1-2H3,(H,29,32)/t20-/m1/s1. The summed E-state index contributed by atoms with van der Waals surface area (Å²) in [5.41, 5.74) is 1.69. The van der Waals surface area contributed by atoms with Crippen LogP contribution in [0.5, 0.6) is 0 Å². The van der Waals surface area contributed by atoms with Gasteiger partial charge in [-0.3, -0.25) is 14.3 Å². The number of carbonyl (C=O) groups excluding carboxylic acids is 2. The fourth-order valence-corrected chi connectivity index (χ4v) is 6.04. The minimum atomic E-state index is -4.07. The van der Waals surface area contributed by atoms with Crippen molar-refractivity contribution in [3.63, 3.8) is 0 Å². The highest BCUT2D eigenvalue weighted by molar-refractivity contribution is 7.98. The van der Waals surface area contributed by atoms with Crippen molar-refractivity contribution in [2.75, 3.05) is 24.1 Å². The number of thioether (sulfide) groups is 1. The highest BCUT2D eigenvalue weighted by Gasteiger charge is 2.25. The van der Waals surface area contributed by atoms with Crippen molar-refractivity contribution in [3.05, 3.63) is 89.5 Å². The van der Waals surface area contributed by atoms with E-state index >= 15 is 0 Å². The molecule has 0 spiro atoms. The summed E-state index contributed by atoms with van der Waals surface area (Å²) in [4.78, 5) is 28.8. The Balaban J connectivity index is 1.58. The number of benzene rings is 3. The molecule has 1 fully saturated rings. The van der Waals surface area contributed by atoms with Gasteiger partial charge in [0.2, 0.25) is 0 Å². The van der Waals surface area contributed by atoms with Crippen LogP contribution >= 0.6 is 11.8 Å². The predicted molar refractivity (Wildman–Crippen MR) is 148 cm³/mol. The van der Waals surface area contributed by atoms with Gasteiger partial charge in [0.05, 0.1) is 27.8 Å². The first-order valence-electron chi connectivity index (χ1n) is 12.2. The topological polar surface area (TPSA) is 95.6 Å². The Morgan fingerprint density at radius 3 is 2.27 bits per heavy atom. The van der Waals surface area contributed by atoms with Gasteiger partial charge in [-0.15, -0.1) is 11.8 Å². The van der Waals surface area contributed by atoms with Gasteiger partial charge in [0.25, 0.3) is 21.8 Å². The highest BCUT2D eigenvalue weighted by atomic mass is 32.2. The van der Waals surface area contributed by atoms with E-state index in [0.717, 1.165) is 29.7 Å². The molecular formula is C28H31N3O4S2. The third kappa shape index (κ3) is 6.34. The number of sulfonamides is 1. The summed E-state index contributed by atoms with van der Waals surface area (Å²) < 4.78 is 29.4. The largest absolute Gasteiger partial charge is 0.345 e. The van der Waals surface area contributed by atoms with Crippen molar-refractivity contribution in [2.24, 2.45) is 0 Å². The van der Waals surface area contributed by atoms with Gasteiger partial charge >= 0.3 is 0 Å². The van der Waals surface area contributed by atoms with Crippen molar-refractivity contribution in [2.45, 2.75) is 42.0 Å². The number of para-hydroxylation sites is 1. The number of hydrogen-bond donors (Lipinski definition) is 2. The third-order valence-electron chi connectivity index (χ3n) is 6.42. The molecule has 1 saturated heterocycles. The van der Waals surface area contributed by atoms with E-state index in [2.05, 4.69) is 10.0 Å². The molecule has 2 N–H and O–H groups in total. The van der Waals surface area contributed by atoms with E-state index < -0.39 is 15.9 Å². The molecular weight excluding hydrogens is 506 g/mol. The van der Waals surface area contributed by atoms with Gasteiger partial charge in [0, 0.05) is 18.0 Å². The van der Waals surface area contributed by atoms with E-state index in [4.69, 9.17) is 0 Å². The quantitative estimate of drug-likeness (QED) is 0.379. The van der Waals surface area contributed by atoms with E-state index in [-0.39, 0.29) is 28.1 Å². The highest BCUT2D eigenvalue weighted by Crippen LogP contribution is 2.28. The normalized spacial score (nSPS) is 14.6. The molecule has 7 nitrogen and oxygen atoms in total. The molecule has 0 radical (unpaired) electrons. The Bertz CT molecular complexity index is 1370. The molecule has 1 aliphatic heterocycles. The molecule has 2 amide bonds. The first-order valence-corrected chi connectivity index (χ1v) is 15.0. The Labute approximate surface area is 222 Å². The number of piperidine rings is 1. The lowest BCUT2D eigenvalue weighted by Gasteiger charge is -2.27. The number of likely N-dealkylation sites (tertiary alicyclic amines) is 1. The number of anilines is 1. The molecule has 1 atom stereocenters. The van der Waals surface area contributed by atoms with Gasteiger partial charge in [-0.05, 0) is 68.3 Å². The van der Waals surface area contributed by atoms with Gasteiger partial charge in [0.1, 0.15) is 0 Å². The van der Waals surface area contributed by atoms with Gasteiger partial charge in [-0.25, -0.2) is 8.42 Å². The number of rotatable bonds is 8. The monoisotopic (exact) mass is 537 g/mol. The van der Waals surface area contributed by atoms with Crippen LogP contribution in [0.4, 0.5) is 5.69 Å². The van der Waals surface area contributed by atoms with E-state index in [1.807, 2.05) is 43.5 Å². The minimum absolute atomic E-state index is 0.0291. The van der Waals surface area contributed by atoms with E-state index in [0.29, 0.717) is 18.7 Å². The second-order valence-corrected chi connectivity index (χ2v) is 11.5. The molecule has 3 aromatic carbocycles. The maximum absolute atomic E-state index is 13.4. The predicted octanol–water partition coefficient (Wildman–Crippen LogP) is 5.33. The molecule has 1 aliphatic rings. The molecule has 194 valence electrons. The first kappa shape index (κ1) is 26.8. The second-order valence-electron chi connectivity index (χ2n) is 8.97. The summed E-state index contributed by atoms with van der Waals surface area (Å²) in [7, 11) is -4.07. The zero-order valence-corrected chi connectivity index (χ0v) is 22.6. The summed E-state index contributed by atoms with van der Waals surface area (Å²) >= 11 is 1.41. The van der Waals surface area contributed by atoms with Crippen molar-refractivity contribution < 1.29 is 18.0 Å². The zero-order chi connectivity index (χ0) is 26.4. The lowest BCUT2D eigenvalue weighted by atomic mass is 10.1. The SMILES string of the molecule is CSc1ccc(S(=O)(=O)Nc2ccccc2C(=O)N[C@H](C)c2ccccc2)cc1C(=O)N1CCCCC1. The van der Waals surface area contributed by atoms with Crippen LogP contribution in [0.3, 0.4) is 0 Å². The van der Waals surface area contributed by atoms with E-state index in [9.17, 15) is 18.0 Å². The molecule has 0 aliphatic carbocycles. The molecule has 9 heteroatoms. The summed E-state index contributed by atoms with van der Waals surface area (Å²) in [6.45, 7) is 3.21. The minimum Gasteiger partial charge on any atom is -0.345 e. The van der Waals surface area contributed by atoms with Crippen LogP contribution in [-0.4, -0.2) is 44.5 Å². The summed E-state index contributed by atoms with van der Waals surface area (Å²) in [6, 6.07) is 20.3.